The lowest BCUT2D eigenvalue weighted by atomic mass is 10.00. The number of carbonyl (C=O) groups excluding carboxylic acids is 2. The smallest absolute Gasteiger partial charge is 0.433 e. The lowest BCUT2D eigenvalue weighted by Crippen LogP contribution is -2.16. The molecule has 3 heterocycles. The number of nitrogens with zero attached hydrogens (tertiary/aromatic N) is 1. The Labute approximate surface area is 236 Å². The zero-order valence-electron chi connectivity index (χ0n) is 22.2. The van der Waals surface area contributed by atoms with Gasteiger partial charge in [-0.3, -0.25) is 9.59 Å². The van der Waals surface area contributed by atoms with Crippen molar-refractivity contribution in [1.82, 2.24) is 4.98 Å². The van der Waals surface area contributed by atoms with Crippen LogP contribution in [0.3, 0.4) is 0 Å². The number of alkyl halides is 3. The van der Waals surface area contributed by atoms with Crippen LogP contribution < -0.4 is 15.8 Å². The van der Waals surface area contributed by atoms with E-state index in [9.17, 15) is 22.8 Å². The van der Waals surface area contributed by atoms with Crippen LogP contribution in [0.2, 0.25) is 0 Å². The average molecular weight is 580 g/mol. The number of rotatable bonds is 7. The van der Waals surface area contributed by atoms with Gasteiger partial charge in [0.1, 0.15) is 33.5 Å². The van der Waals surface area contributed by atoms with Crippen LogP contribution in [0, 0.1) is 20.8 Å². The Bertz CT molecular complexity index is 1790. The van der Waals surface area contributed by atoms with Crippen LogP contribution in [-0.2, 0) is 12.8 Å². The minimum Gasteiger partial charge on any atom is -0.486 e. The van der Waals surface area contributed by atoms with Crippen molar-refractivity contribution in [3.05, 3.63) is 99.4 Å². The van der Waals surface area contributed by atoms with Gasteiger partial charge in [-0.2, -0.15) is 13.2 Å². The second-order valence-electron chi connectivity index (χ2n) is 9.52. The summed E-state index contributed by atoms with van der Waals surface area (Å²) in [6.45, 7) is 5.87. The Morgan fingerprint density at radius 3 is 2.39 bits per heavy atom. The quantitative estimate of drug-likeness (QED) is 0.209. The summed E-state index contributed by atoms with van der Waals surface area (Å²) in [5, 5.41) is 2.79. The topological polar surface area (TPSA) is 107 Å². The fourth-order valence-corrected chi connectivity index (χ4v) is 5.22. The molecule has 210 valence electrons. The Hall–Kier alpha value is -4.64. The van der Waals surface area contributed by atoms with Gasteiger partial charge >= 0.3 is 6.18 Å². The molecule has 0 unspecified atom stereocenters. The number of halogens is 3. The molecule has 0 aliphatic carbocycles. The third-order valence-corrected chi connectivity index (χ3v) is 7.62. The summed E-state index contributed by atoms with van der Waals surface area (Å²) in [4.78, 5) is 29.1. The van der Waals surface area contributed by atoms with Gasteiger partial charge in [-0.05, 0) is 73.4 Å². The summed E-state index contributed by atoms with van der Waals surface area (Å²) in [7, 11) is 0. The number of aromatic nitrogens is 1. The molecule has 7 nitrogen and oxygen atoms in total. The highest BCUT2D eigenvalue weighted by Crippen LogP contribution is 2.43. The molecule has 2 amide bonds. The van der Waals surface area contributed by atoms with E-state index in [1.807, 2.05) is 39.0 Å². The average Bonchev–Trinajstić information content (AvgIpc) is 3.54. The van der Waals surface area contributed by atoms with E-state index in [1.165, 1.54) is 6.07 Å². The van der Waals surface area contributed by atoms with E-state index in [0.717, 1.165) is 22.8 Å². The van der Waals surface area contributed by atoms with Gasteiger partial charge < -0.3 is 20.2 Å². The predicted molar refractivity (Wildman–Crippen MR) is 150 cm³/mol. The van der Waals surface area contributed by atoms with Crippen LogP contribution in [0.25, 0.3) is 21.3 Å². The molecule has 0 spiro atoms. The lowest BCUT2D eigenvalue weighted by Gasteiger charge is -2.12. The molecule has 41 heavy (non-hydrogen) atoms. The second kappa shape index (κ2) is 10.7. The molecule has 5 rings (SSSR count). The van der Waals surface area contributed by atoms with Crippen molar-refractivity contribution in [3.63, 3.8) is 0 Å². The van der Waals surface area contributed by atoms with Crippen LogP contribution >= 0.6 is 11.3 Å². The van der Waals surface area contributed by atoms with Gasteiger partial charge in [0.2, 0.25) is 0 Å². The van der Waals surface area contributed by atoms with E-state index in [-0.39, 0.29) is 38.7 Å². The summed E-state index contributed by atoms with van der Waals surface area (Å²) in [5.41, 5.74) is 8.09. The van der Waals surface area contributed by atoms with Crippen molar-refractivity contribution in [1.29, 1.82) is 0 Å². The van der Waals surface area contributed by atoms with Crippen molar-refractivity contribution >= 4 is 39.1 Å². The molecule has 0 fully saturated rings. The normalized spacial score (nSPS) is 11.6. The number of furan rings is 1. The fourth-order valence-electron chi connectivity index (χ4n) is 4.21. The summed E-state index contributed by atoms with van der Waals surface area (Å²) < 4.78 is 52.6. The molecular weight excluding hydrogens is 555 g/mol. The van der Waals surface area contributed by atoms with E-state index in [0.29, 0.717) is 28.4 Å². The van der Waals surface area contributed by atoms with Crippen LogP contribution in [0.1, 0.15) is 48.4 Å². The molecule has 0 saturated heterocycles. The van der Waals surface area contributed by atoms with Crippen molar-refractivity contribution in [2.75, 3.05) is 5.32 Å². The monoisotopic (exact) mass is 579 g/mol. The number of thiophene rings is 1. The molecule has 3 aromatic heterocycles. The fraction of sp³-hybridized carbons (Fsp3) is 0.167. The van der Waals surface area contributed by atoms with E-state index in [1.54, 1.807) is 30.3 Å². The third-order valence-electron chi connectivity index (χ3n) is 6.52. The molecule has 0 aliphatic rings. The summed E-state index contributed by atoms with van der Waals surface area (Å²) in [6, 6.07) is 16.4. The number of hydrogen-bond donors (Lipinski definition) is 2. The van der Waals surface area contributed by atoms with Crippen LogP contribution in [0.5, 0.6) is 5.75 Å². The zero-order chi connectivity index (χ0) is 29.5. The van der Waals surface area contributed by atoms with Crippen LogP contribution in [0.15, 0.2) is 65.1 Å². The maximum Gasteiger partial charge on any atom is 0.433 e. The first-order chi connectivity index (χ1) is 19.4. The highest BCUT2D eigenvalue weighted by Gasteiger charge is 2.35. The molecular formula is C30H24F3N3O4S. The number of ether oxygens (including phenoxy) is 1. The van der Waals surface area contributed by atoms with Gasteiger partial charge in [-0.25, -0.2) is 4.98 Å². The minimum atomic E-state index is -4.74. The van der Waals surface area contributed by atoms with Gasteiger partial charge in [0.05, 0.1) is 5.69 Å². The van der Waals surface area contributed by atoms with Crippen molar-refractivity contribution in [2.24, 2.45) is 5.73 Å². The third kappa shape index (κ3) is 5.80. The number of aryl methyl sites for hydroxylation is 3. The molecule has 2 aromatic carbocycles. The number of fused-ring (bicyclic) bond motifs is 1. The molecule has 5 aromatic rings. The number of nitrogens with one attached hydrogen (secondary N) is 1. The predicted octanol–water partition coefficient (Wildman–Crippen LogP) is 7.43. The highest BCUT2D eigenvalue weighted by atomic mass is 32.1. The largest absolute Gasteiger partial charge is 0.486 e. The van der Waals surface area contributed by atoms with Gasteiger partial charge in [0, 0.05) is 5.39 Å². The zero-order valence-corrected chi connectivity index (χ0v) is 23.0. The molecule has 0 aliphatic heterocycles. The van der Waals surface area contributed by atoms with Gasteiger partial charge in [-0.1, -0.05) is 35.9 Å². The number of amides is 2. The standard InChI is InChI=1S/C30H24F3N3O4S/c1-15-4-7-18(8-5-15)21-13-23(30(31,32)33)35-29-24(21)25(26(41-29)27(34)37)36-28(38)22-11-10-20(40-22)14-39-19-9-6-16(2)17(3)12-19/h4-13H,14H2,1-3H3,(H2,34,37)(H,36,38). The number of hydrogen-bond acceptors (Lipinski definition) is 6. The number of anilines is 1. The Morgan fingerprint density at radius 2 is 1.73 bits per heavy atom. The molecule has 0 atom stereocenters. The van der Waals surface area contributed by atoms with Gasteiger partial charge in [0.15, 0.2) is 5.76 Å². The number of primary amides is 1. The summed E-state index contributed by atoms with van der Waals surface area (Å²) in [6.07, 6.45) is -4.74. The van der Waals surface area contributed by atoms with E-state index >= 15 is 0 Å². The van der Waals surface area contributed by atoms with Crippen LogP contribution in [-0.4, -0.2) is 16.8 Å². The molecule has 11 heteroatoms. The lowest BCUT2D eigenvalue weighted by molar-refractivity contribution is -0.140. The maximum absolute atomic E-state index is 13.7. The first-order valence-corrected chi connectivity index (χ1v) is 13.2. The minimum absolute atomic E-state index is 0.0383. The summed E-state index contributed by atoms with van der Waals surface area (Å²) in [5.74, 6) is -0.723. The Balaban J connectivity index is 1.50. The summed E-state index contributed by atoms with van der Waals surface area (Å²) >= 11 is 0.673. The van der Waals surface area contributed by atoms with E-state index in [4.69, 9.17) is 14.9 Å². The first-order valence-electron chi connectivity index (χ1n) is 12.4. The van der Waals surface area contributed by atoms with Crippen molar-refractivity contribution < 1.29 is 31.9 Å². The molecule has 0 bridgehead atoms. The second-order valence-corrected chi connectivity index (χ2v) is 10.5. The Kier molecular flexibility index (Phi) is 7.31. The van der Waals surface area contributed by atoms with E-state index in [2.05, 4.69) is 10.3 Å². The first kappa shape index (κ1) is 27.9. The SMILES string of the molecule is Cc1ccc(-c2cc(C(F)(F)F)nc3sc(C(N)=O)c(NC(=O)c4ccc(COc5ccc(C)c(C)c5)o4)c23)cc1. The number of benzene rings is 2. The van der Waals surface area contributed by atoms with Crippen molar-refractivity contribution in [2.45, 2.75) is 33.6 Å². The maximum atomic E-state index is 13.7. The molecule has 0 radical (unpaired) electrons. The Morgan fingerprint density at radius 1 is 1.00 bits per heavy atom. The van der Waals surface area contributed by atoms with Crippen molar-refractivity contribution in [3.8, 4) is 16.9 Å². The van der Waals surface area contributed by atoms with E-state index < -0.39 is 23.7 Å². The van der Waals surface area contributed by atoms with Gasteiger partial charge in [-0.15, -0.1) is 11.3 Å². The molecule has 0 saturated carbocycles. The number of pyridine rings is 1. The van der Waals surface area contributed by atoms with Gasteiger partial charge in [0.25, 0.3) is 11.8 Å². The highest BCUT2D eigenvalue weighted by molar-refractivity contribution is 7.21. The number of nitrogens with two attached hydrogens (primary N) is 1. The molecule has 3 N–H and O–H groups in total. The van der Waals surface area contributed by atoms with Crippen LogP contribution in [0.4, 0.5) is 18.9 Å². The number of carbonyl (C=O) groups is 2.